The molecule has 0 spiro atoms. The first kappa shape index (κ1) is 32.6. The van der Waals surface area contributed by atoms with E-state index in [1.165, 1.54) is 7.11 Å². The zero-order chi connectivity index (χ0) is 30.5. The molecule has 0 radical (unpaired) electrons. The molecule has 1 heterocycles. The number of rotatable bonds is 16. The summed E-state index contributed by atoms with van der Waals surface area (Å²) in [6, 6.07) is 18.3. The predicted octanol–water partition coefficient (Wildman–Crippen LogP) is 4.31. The van der Waals surface area contributed by atoms with Crippen LogP contribution in [0.3, 0.4) is 0 Å². The monoisotopic (exact) mass is 575 g/mol. The van der Waals surface area contributed by atoms with Crippen LogP contribution in [0.2, 0.25) is 0 Å². The van der Waals surface area contributed by atoms with Gasteiger partial charge in [-0.3, -0.25) is 29.0 Å². The number of hydrogen-bond donors (Lipinski definition) is 2. The van der Waals surface area contributed by atoms with Gasteiger partial charge in [-0.05, 0) is 50.8 Å². The minimum atomic E-state index is -0.980. The van der Waals surface area contributed by atoms with Crippen molar-refractivity contribution in [2.45, 2.75) is 70.9 Å². The van der Waals surface area contributed by atoms with Crippen LogP contribution < -0.4 is 10.8 Å². The maximum Gasteiger partial charge on any atom is 0.244 e. The molecule has 0 aliphatic rings. The molecule has 0 aliphatic carbocycles. The number of fused-ring (bicyclic) bond motifs is 1. The van der Waals surface area contributed by atoms with Crippen LogP contribution in [0.1, 0.15) is 57.6 Å². The first-order valence-electron chi connectivity index (χ1n) is 14.2. The summed E-state index contributed by atoms with van der Waals surface area (Å²) in [5.74, 6) is -2.43. The van der Waals surface area contributed by atoms with Crippen LogP contribution >= 0.6 is 0 Å². The Morgan fingerprint density at radius 2 is 1.62 bits per heavy atom. The molecule has 0 saturated carbocycles. The van der Waals surface area contributed by atoms with Crippen LogP contribution in [0.15, 0.2) is 66.9 Å². The largest absolute Gasteiger partial charge is 0.382 e. The van der Waals surface area contributed by atoms with E-state index in [1.54, 1.807) is 27.0 Å². The third-order valence-electron chi connectivity index (χ3n) is 6.68. The van der Waals surface area contributed by atoms with Gasteiger partial charge in [-0.15, -0.1) is 0 Å². The fraction of sp³-hybridized carbons (Fsp3) is 0.424. The second-order valence-electron chi connectivity index (χ2n) is 11.3. The van der Waals surface area contributed by atoms with Gasteiger partial charge in [0.15, 0.2) is 5.78 Å². The first-order valence-corrected chi connectivity index (χ1v) is 14.2. The van der Waals surface area contributed by atoms with Gasteiger partial charge in [0.1, 0.15) is 11.8 Å². The normalized spacial score (nSPS) is 12.9. The number of nitrogens with one attached hydrogen (secondary N) is 2. The Morgan fingerprint density at radius 3 is 2.33 bits per heavy atom. The number of hydrogen-bond acceptors (Lipinski definition) is 7. The minimum absolute atomic E-state index is 0.0354. The standard InChI is InChI=1S/C33H41N3O6/c1-33(2,3)42-36-30(39)21-26(20-27(37)17-15-23-10-6-5-7-11-23)32(40)35-28(22-41-4)29(38)18-16-25-13-8-12-24-14-9-19-34-31(24)25/h5-14,19,26,28H,15-18,20-22H2,1-4H3,(H,35,40)(H,36,39)/t26-,28-/m0/s1. The molecule has 0 unspecified atom stereocenters. The van der Waals surface area contributed by atoms with E-state index in [0.717, 1.165) is 22.0 Å². The van der Waals surface area contributed by atoms with Crippen molar-refractivity contribution >= 4 is 34.3 Å². The Kier molecular flexibility index (Phi) is 12.3. The first-order chi connectivity index (χ1) is 20.1. The van der Waals surface area contributed by atoms with E-state index < -0.39 is 29.4 Å². The second kappa shape index (κ2) is 15.9. The molecule has 1 aromatic heterocycles. The molecule has 2 aromatic carbocycles. The molecule has 2 atom stereocenters. The number of methoxy groups -OCH3 is 1. The summed E-state index contributed by atoms with van der Waals surface area (Å²) in [5.41, 5.74) is 4.51. The Hall–Kier alpha value is -3.95. The van der Waals surface area contributed by atoms with Gasteiger partial charge in [-0.25, -0.2) is 5.48 Å². The van der Waals surface area contributed by atoms with E-state index >= 15 is 0 Å². The summed E-state index contributed by atoms with van der Waals surface area (Å²) in [6.45, 7) is 5.30. The van der Waals surface area contributed by atoms with Gasteiger partial charge < -0.3 is 10.1 Å². The van der Waals surface area contributed by atoms with Crippen molar-refractivity contribution in [3.05, 3.63) is 78.0 Å². The lowest BCUT2D eigenvalue weighted by Gasteiger charge is -2.23. The van der Waals surface area contributed by atoms with Crippen molar-refractivity contribution in [2.24, 2.45) is 5.92 Å². The Balaban J connectivity index is 1.67. The van der Waals surface area contributed by atoms with E-state index in [0.29, 0.717) is 12.8 Å². The van der Waals surface area contributed by atoms with Crippen LogP contribution in [0.4, 0.5) is 0 Å². The van der Waals surface area contributed by atoms with Crippen LogP contribution in [-0.2, 0) is 41.6 Å². The van der Waals surface area contributed by atoms with Gasteiger partial charge in [0, 0.05) is 44.4 Å². The fourth-order valence-corrected chi connectivity index (χ4v) is 4.51. The Labute approximate surface area is 247 Å². The topological polar surface area (TPSA) is 124 Å². The lowest BCUT2D eigenvalue weighted by Crippen LogP contribution is -2.47. The SMILES string of the molecule is COC[C@H](NC(=O)[C@@H](CC(=O)CCc1ccccc1)CC(=O)NOC(C)(C)C)C(=O)CCc1cccc2cccnc12. The lowest BCUT2D eigenvalue weighted by atomic mass is 9.93. The summed E-state index contributed by atoms with van der Waals surface area (Å²) >= 11 is 0. The van der Waals surface area contributed by atoms with E-state index in [4.69, 9.17) is 9.57 Å². The maximum atomic E-state index is 13.4. The molecule has 3 aromatic rings. The van der Waals surface area contributed by atoms with Crippen LogP contribution in [0, 0.1) is 5.92 Å². The molecular weight excluding hydrogens is 534 g/mol. The van der Waals surface area contributed by atoms with E-state index in [-0.39, 0.29) is 43.9 Å². The highest BCUT2D eigenvalue weighted by atomic mass is 16.7. The number of amides is 2. The number of benzene rings is 2. The number of Topliss-reactive ketones (excluding diaryl/α,β-unsaturated/α-hetero) is 2. The summed E-state index contributed by atoms with van der Waals surface area (Å²) in [5, 5.41) is 3.73. The highest BCUT2D eigenvalue weighted by Crippen LogP contribution is 2.19. The maximum absolute atomic E-state index is 13.4. The number of ketones is 2. The number of aromatic nitrogens is 1. The smallest absolute Gasteiger partial charge is 0.244 e. The number of pyridine rings is 1. The van der Waals surface area contributed by atoms with Crippen LogP contribution in [-0.4, -0.2) is 53.7 Å². The lowest BCUT2D eigenvalue weighted by molar-refractivity contribution is -0.148. The number of para-hydroxylation sites is 1. The molecule has 42 heavy (non-hydrogen) atoms. The summed E-state index contributed by atoms with van der Waals surface area (Å²) in [6.07, 6.45) is 2.66. The van der Waals surface area contributed by atoms with Crippen molar-refractivity contribution in [2.75, 3.05) is 13.7 Å². The molecule has 9 heteroatoms. The second-order valence-corrected chi connectivity index (χ2v) is 11.3. The van der Waals surface area contributed by atoms with Crippen molar-refractivity contribution in [3.8, 4) is 0 Å². The number of carbonyl (C=O) groups is 4. The molecule has 9 nitrogen and oxygen atoms in total. The Bertz CT molecular complexity index is 1350. The molecule has 3 rings (SSSR count). The van der Waals surface area contributed by atoms with Crippen LogP contribution in [0.25, 0.3) is 10.9 Å². The molecule has 0 aliphatic heterocycles. The van der Waals surface area contributed by atoms with Gasteiger partial charge in [0.2, 0.25) is 11.8 Å². The molecule has 2 amide bonds. The molecule has 0 fully saturated rings. The van der Waals surface area contributed by atoms with Gasteiger partial charge in [0.05, 0.1) is 23.6 Å². The van der Waals surface area contributed by atoms with E-state index in [2.05, 4.69) is 15.8 Å². The number of nitrogens with zero attached hydrogens (tertiary/aromatic N) is 1. The molecular formula is C33H41N3O6. The van der Waals surface area contributed by atoms with E-state index in [9.17, 15) is 19.2 Å². The number of carbonyl (C=O) groups excluding carboxylic acids is 4. The molecule has 2 N–H and O–H groups in total. The molecule has 0 saturated heterocycles. The summed E-state index contributed by atoms with van der Waals surface area (Å²) in [7, 11) is 1.45. The number of hydroxylamine groups is 1. The third-order valence-corrected chi connectivity index (χ3v) is 6.68. The highest BCUT2D eigenvalue weighted by Gasteiger charge is 2.29. The quantitative estimate of drug-likeness (QED) is 0.244. The van der Waals surface area contributed by atoms with Gasteiger partial charge in [0.25, 0.3) is 0 Å². The van der Waals surface area contributed by atoms with Crippen molar-refractivity contribution in [1.82, 2.24) is 15.8 Å². The zero-order valence-electron chi connectivity index (χ0n) is 24.9. The molecule has 224 valence electrons. The highest BCUT2D eigenvalue weighted by molar-refractivity contribution is 5.94. The summed E-state index contributed by atoms with van der Waals surface area (Å²) < 4.78 is 5.24. The van der Waals surface area contributed by atoms with Crippen LogP contribution in [0.5, 0.6) is 0 Å². The van der Waals surface area contributed by atoms with Gasteiger partial charge >= 0.3 is 0 Å². The van der Waals surface area contributed by atoms with Crippen molar-refractivity contribution < 1.29 is 28.8 Å². The van der Waals surface area contributed by atoms with E-state index in [1.807, 2.05) is 60.7 Å². The number of aryl methyl sites for hydroxylation is 2. The van der Waals surface area contributed by atoms with Gasteiger partial charge in [-0.2, -0.15) is 0 Å². The number of ether oxygens (including phenoxy) is 1. The average molecular weight is 576 g/mol. The molecule has 0 bridgehead atoms. The predicted molar refractivity (Wildman–Crippen MR) is 160 cm³/mol. The summed E-state index contributed by atoms with van der Waals surface area (Å²) in [4.78, 5) is 62.0. The average Bonchev–Trinajstić information content (AvgIpc) is 2.97. The fourth-order valence-electron chi connectivity index (χ4n) is 4.51. The van der Waals surface area contributed by atoms with Crippen molar-refractivity contribution in [3.63, 3.8) is 0 Å². The van der Waals surface area contributed by atoms with Gasteiger partial charge in [-0.1, -0.05) is 54.6 Å². The van der Waals surface area contributed by atoms with Crippen molar-refractivity contribution in [1.29, 1.82) is 0 Å². The Morgan fingerprint density at radius 1 is 0.881 bits per heavy atom. The zero-order valence-corrected chi connectivity index (χ0v) is 24.9. The minimum Gasteiger partial charge on any atom is -0.382 e. The third kappa shape index (κ3) is 10.8.